The lowest BCUT2D eigenvalue weighted by molar-refractivity contribution is -0.0496. The number of nitrogens with zero attached hydrogens (tertiary/aromatic N) is 2. The van der Waals surface area contributed by atoms with E-state index in [-0.39, 0.29) is 24.8 Å². The molecule has 1 unspecified atom stereocenters. The van der Waals surface area contributed by atoms with Gasteiger partial charge in [-0.25, -0.2) is 8.78 Å². The molecule has 0 aliphatic heterocycles. The summed E-state index contributed by atoms with van der Waals surface area (Å²) in [5, 5.41) is 4.47. The van der Waals surface area contributed by atoms with E-state index < -0.39 is 5.92 Å². The summed E-state index contributed by atoms with van der Waals surface area (Å²) in [6.45, 7) is 4.77. The van der Waals surface area contributed by atoms with Gasteiger partial charge < -0.3 is 0 Å². The zero-order valence-corrected chi connectivity index (χ0v) is 14.1. The number of nitrogens with two attached hydrogens (primary N) is 1. The van der Waals surface area contributed by atoms with Crippen LogP contribution in [0.1, 0.15) is 44.0 Å². The Hall–Kier alpha value is -0.530. The Morgan fingerprint density at radius 3 is 2.62 bits per heavy atom. The van der Waals surface area contributed by atoms with Gasteiger partial charge in [0.1, 0.15) is 0 Å². The van der Waals surface area contributed by atoms with Crippen molar-refractivity contribution in [1.82, 2.24) is 15.2 Å². The van der Waals surface area contributed by atoms with Gasteiger partial charge in [0.15, 0.2) is 0 Å². The minimum absolute atomic E-state index is 0.00111. The quantitative estimate of drug-likeness (QED) is 0.623. The molecule has 3 N–H and O–H groups in total. The summed E-state index contributed by atoms with van der Waals surface area (Å²) in [5.41, 5.74) is 4.85. The number of nitrogens with one attached hydrogen (secondary N) is 1. The molecule has 0 amide bonds. The molecular weight excluding hydrogens is 342 g/mol. The topological polar surface area (TPSA) is 55.9 Å². The molecule has 7 heteroatoms. The molecule has 1 fully saturated rings. The first-order valence-electron chi connectivity index (χ1n) is 7.43. The predicted octanol–water partition coefficient (Wildman–Crippen LogP) is 3.17. The van der Waals surface area contributed by atoms with E-state index in [0.717, 1.165) is 22.4 Å². The zero-order chi connectivity index (χ0) is 15.6. The summed E-state index contributed by atoms with van der Waals surface area (Å²) in [7, 11) is 0. The van der Waals surface area contributed by atoms with Gasteiger partial charge in [-0.05, 0) is 48.5 Å². The van der Waals surface area contributed by atoms with E-state index in [1.54, 1.807) is 0 Å². The second kappa shape index (κ2) is 6.71. The number of rotatable bonds is 5. The number of aromatic nitrogens is 2. The first kappa shape index (κ1) is 16.8. The van der Waals surface area contributed by atoms with Gasteiger partial charge in [0.2, 0.25) is 5.92 Å². The highest BCUT2D eigenvalue weighted by molar-refractivity contribution is 9.10. The van der Waals surface area contributed by atoms with Crippen LogP contribution in [-0.2, 0) is 13.0 Å². The maximum absolute atomic E-state index is 13.3. The molecule has 2 rings (SSSR count). The highest BCUT2D eigenvalue weighted by Gasteiger charge is 2.37. The SMILES string of the molecule is CCn1nc(C)c(Br)c1CC(NN)C1CCC(F)(F)CC1. The normalized spacial score (nSPS) is 20.7. The molecule has 1 aromatic heterocycles. The molecule has 4 nitrogen and oxygen atoms in total. The Morgan fingerprint density at radius 2 is 2.10 bits per heavy atom. The van der Waals surface area contributed by atoms with E-state index in [1.165, 1.54) is 0 Å². The van der Waals surface area contributed by atoms with Crippen molar-refractivity contribution < 1.29 is 8.78 Å². The summed E-state index contributed by atoms with van der Waals surface area (Å²) < 4.78 is 29.5. The van der Waals surface area contributed by atoms with Crippen LogP contribution in [-0.4, -0.2) is 21.7 Å². The highest BCUT2D eigenvalue weighted by Crippen LogP contribution is 2.38. The third-order valence-corrected chi connectivity index (χ3v) is 5.44. The Bertz CT molecular complexity index is 480. The lowest BCUT2D eigenvalue weighted by atomic mass is 9.81. The van der Waals surface area contributed by atoms with Crippen LogP contribution in [0.4, 0.5) is 8.78 Å². The van der Waals surface area contributed by atoms with Gasteiger partial charge in [-0.1, -0.05) is 0 Å². The number of hydrogen-bond acceptors (Lipinski definition) is 3. The lowest BCUT2D eigenvalue weighted by Gasteiger charge is -2.33. The molecule has 0 spiro atoms. The van der Waals surface area contributed by atoms with E-state index in [1.807, 2.05) is 18.5 Å². The molecule has 1 aromatic rings. The van der Waals surface area contributed by atoms with Gasteiger partial charge in [0, 0.05) is 31.8 Å². The molecule has 0 radical (unpaired) electrons. The maximum Gasteiger partial charge on any atom is 0.248 e. The molecular formula is C14H23BrF2N4. The molecule has 1 aliphatic carbocycles. The average molecular weight is 365 g/mol. The van der Waals surface area contributed by atoms with Crippen LogP contribution in [0.25, 0.3) is 0 Å². The van der Waals surface area contributed by atoms with E-state index in [9.17, 15) is 8.78 Å². The van der Waals surface area contributed by atoms with E-state index in [4.69, 9.17) is 5.84 Å². The van der Waals surface area contributed by atoms with E-state index in [2.05, 4.69) is 26.5 Å². The summed E-state index contributed by atoms with van der Waals surface area (Å²) in [5.74, 6) is 3.37. The summed E-state index contributed by atoms with van der Waals surface area (Å²) in [4.78, 5) is 0. The van der Waals surface area contributed by atoms with Gasteiger partial charge in [0.25, 0.3) is 0 Å². The predicted molar refractivity (Wildman–Crippen MR) is 82.1 cm³/mol. The second-order valence-corrected chi connectivity index (χ2v) is 6.63. The van der Waals surface area contributed by atoms with Crippen LogP contribution in [0, 0.1) is 12.8 Å². The van der Waals surface area contributed by atoms with Gasteiger partial charge in [0.05, 0.1) is 15.9 Å². The summed E-state index contributed by atoms with van der Waals surface area (Å²) in [6, 6.07) is -0.00111. The van der Waals surface area contributed by atoms with Crippen molar-refractivity contribution in [3.8, 4) is 0 Å². The van der Waals surface area contributed by atoms with Gasteiger partial charge >= 0.3 is 0 Å². The third-order valence-electron chi connectivity index (χ3n) is 4.41. The minimum atomic E-state index is -2.50. The largest absolute Gasteiger partial charge is 0.271 e. The number of halogens is 3. The molecule has 0 aromatic carbocycles. The van der Waals surface area contributed by atoms with Crippen molar-refractivity contribution >= 4 is 15.9 Å². The Balaban J connectivity index is 2.10. The van der Waals surface area contributed by atoms with Crippen LogP contribution in [0.5, 0.6) is 0 Å². The molecule has 0 saturated heterocycles. The van der Waals surface area contributed by atoms with Crippen LogP contribution >= 0.6 is 15.9 Å². The maximum atomic E-state index is 13.3. The molecule has 0 bridgehead atoms. The van der Waals surface area contributed by atoms with Gasteiger partial charge in [-0.3, -0.25) is 16.0 Å². The molecule has 120 valence electrons. The highest BCUT2D eigenvalue weighted by atomic mass is 79.9. The molecule has 21 heavy (non-hydrogen) atoms. The minimum Gasteiger partial charge on any atom is -0.271 e. The van der Waals surface area contributed by atoms with Crippen LogP contribution < -0.4 is 11.3 Å². The lowest BCUT2D eigenvalue weighted by Crippen LogP contribution is -2.45. The van der Waals surface area contributed by atoms with Crippen molar-refractivity contribution in [3.63, 3.8) is 0 Å². The molecule has 1 atom stereocenters. The van der Waals surface area contributed by atoms with Crippen LogP contribution in [0.15, 0.2) is 4.47 Å². The number of aryl methyl sites for hydroxylation is 2. The number of hydrogen-bond donors (Lipinski definition) is 2. The van der Waals surface area contributed by atoms with Crippen molar-refractivity contribution in [2.45, 2.75) is 64.5 Å². The van der Waals surface area contributed by atoms with E-state index in [0.29, 0.717) is 19.3 Å². The first-order valence-corrected chi connectivity index (χ1v) is 8.23. The first-order chi connectivity index (χ1) is 9.88. The van der Waals surface area contributed by atoms with Crippen molar-refractivity contribution in [1.29, 1.82) is 0 Å². The van der Waals surface area contributed by atoms with Crippen molar-refractivity contribution in [3.05, 3.63) is 15.9 Å². The Kier molecular flexibility index (Phi) is 5.38. The molecule has 1 heterocycles. The Labute approximate surface area is 132 Å². The fraction of sp³-hybridized carbons (Fsp3) is 0.786. The molecule has 1 saturated carbocycles. The second-order valence-electron chi connectivity index (χ2n) is 5.83. The number of hydrazine groups is 1. The van der Waals surface area contributed by atoms with Crippen molar-refractivity contribution in [2.24, 2.45) is 11.8 Å². The van der Waals surface area contributed by atoms with Crippen molar-refractivity contribution in [2.75, 3.05) is 0 Å². The monoisotopic (exact) mass is 364 g/mol. The van der Waals surface area contributed by atoms with Gasteiger partial charge in [-0.15, -0.1) is 0 Å². The van der Waals surface area contributed by atoms with Crippen LogP contribution in [0.3, 0.4) is 0 Å². The fourth-order valence-electron chi connectivity index (χ4n) is 3.10. The van der Waals surface area contributed by atoms with Gasteiger partial charge in [-0.2, -0.15) is 5.10 Å². The molecule has 1 aliphatic rings. The smallest absolute Gasteiger partial charge is 0.248 e. The Morgan fingerprint density at radius 1 is 1.48 bits per heavy atom. The fourth-order valence-corrected chi connectivity index (χ4v) is 3.54. The number of alkyl halides is 2. The summed E-state index contributed by atoms with van der Waals surface area (Å²) in [6.07, 6.45) is 1.64. The zero-order valence-electron chi connectivity index (χ0n) is 12.5. The van der Waals surface area contributed by atoms with Crippen LogP contribution in [0.2, 0.25) is 0 Å². The third kappa shape index (κ3) is 3.81. The average Bonchev–Trinajstić information content (AvgIpc) is 2.72. The van der Waals surface area contributed by atoms with E-state index >= 15 is 0 Å². The standard InChI is InChI=1S/C14H23BrF2N4/c1-3-21-12(13(15)9(2)20-21)8-11(19-18)10-4-6-14(16,17)7-5-10/h10-11,19H,3-8,18H2,1-2H3. The summed E-state index contributed by atoms with van der Waals surface area (Å²) >= 11 is 3.57.